The number of pyridine rings is 2. The Morgan fingerprint density at radius 1 is 1.19 bits per heavy atom. The molecule has 0 radical (unpaired) electrons. The third kappa shape index (κ3) is 2.16. The highest BCUT2D eigenvalue weighted by Crippen LogP contribution is 2.16. The maximum atomic E-state index is 13.0. The number of benzene rings is 1. The largest absolute Gasteiger partial charge is 0.477 e. The van der Waals surface area contributed by atoms with Crippen molar-refractivity contribution in [3.05, 3.63) is 70.4 Å². The molecule has 2 aromatic heterocycles. The molecule has 0 saturated carbocycles. The van der Waals surface area contributed by atoms with E-state index in [1.165, 1.54) is 47.3 Å². The fourth-order valence-corrected chi connectivity index (χ4v) is 2.11. The number of aromatic nitrogens is 2. The van der Waals surface area contributed by atoms with E-state index in [4.69, 9.17) is 5.11 Å². The lowest BCUT2D eigenvalue weighted by Gasteiger charge is -2.11. The highest BCUT2D eigenvalue weighted by molar-refractivity contribution is 5.92. The molecular weight excluding hydrogens is 275 g/mol. The molecule has 0 aliphatic rings. The van der Waals surface area contributed by atoms with Crippen molar-refractivity contribution in [3.8, 4) is 5.69 Å². The van der Waals surface area contributed by atoms with Crippen LogP contribution in [0.3, 0.4) is 0 Å². The molecule has 0 aliphatic carbocycles. The maximum Gasteiger partial charge on any atom is 0.341 e. The van der Waals surface area contributed by atoms with Crippen LogP contribution in [0.5, 0.6) is 0 Å². The molecule has 5 nitrogen and oxygen atoms in total. The molecule has 0 bridgehead atoms. The number of rotatable bonds is 2. The van der Waals surface area contributed by atoms with Gasteiger partial charge in [0, 0.05) is 18.1 Å². The van der Waals surface area contributed by atoms with E-state index in [9.17, 15) is 14.0 Å². The summed E-state index contributed by atoms with van der Waals surface area (Å²) in [5, 5.41) is 9.34. The third-order valence-corrected chi connectivity index (χ3v) is 3.10. The van der Waals surface area contributed by atoms with Gasteiger partial charge in [0.25, 0.3) is 0 Å². The molecule has 0 atom stereocenters. The summed E-state index contributed by atoms with van der Waals surface area (Å²) in [5.74, 6) is -1.72. The van der Waals surface area contributed by atoms with E-state index in [2.05, 4.69) is 4.98 Å². The summed E-state index contributed by atoms with van der Waals surface area (Å²) < 4.78 is 14.5. The number of hydrogen-bond acceptors (Lipinski definition) is 3. The van der Waals surface area contributed by atoms with Crippen molar-refractivity contribution < 1.29 is 14.3 Å². The zero-order valence-corrected chi connectivity index (χ0v) is 10.7. The van der Waals surface area contributed by atoms with Gasteiger partial charge in [-0.3, -0.25) is 4.79 Å². The second-order valence-electron chi connectivity index (χ2n) is 4.40. The number of hydrogen-bond donors (Lipinski definition) is 1. The standard InChI is InChI=1S/C15H9FN2O3/c16-9-3-5-10(6-4-9)18-8-12(15(20)21)13(19)11-2-1-7-17-14(11)18/h1-8H,(H,20,21). The Balaban J connectivity index is 2.41. The van der Waals surface area contributed by atoms with Crippen LogP contribution in [-0.4, -0.2) is 20.6 Å². The van der Waals surface area contributed by atoms with E-state index in [1.807, 2.05) is 0 Å². The van der Waals surface area contributed by atoms with Crippen LogP contribution in [0.4, 0.5) is 4.39 Å². The molecule has 0 spiro atoms. The fraction of sp³-hybridized carbons (Fsp3) is 0. The number of fused-ring (bicyclic) bond motifs is 1. The van der Waals surface area contributed by atoms with Crippen LogP contribution in [-0.2, 0) is 0 Å². The van der Waals surface area contributed by atoms with Gasteiger partial charge in [0.05, 0.1) is 5.39 Å². The van der Waals surface area contributed by atoms with Crippen molar-refractivity contribution in [2.24, 2.45) is 0 Å². The van der Waals surface area contributed by atoms with Crippen LogP contribution in [0.1, 0.15) is 10.4 Å². The topological polar surface area (TPSA) is 72.2 Å². The summed E-state index contributed by atoms with van der Waals surface area (Å²) in [5.41, 5.74) is -0.120. The van der Waals surface area contributed by atoms with E-state index in [1.54, 1.807) is 6.07 Å². The Hall–Kier alpha value is -3.02. The molecule has 21 heavy (non-hydrogen) atoms. The molecule has 6 heteroatoms. The quantitative estimate of drug-likeness (QED) is 0.783. The van der Waals surface area contributed by atoms with E-state index < -0.39 is 17.2 Å². The highest BCUT2D eigenvalue weighted by Gasteiger charge is 2.15. The van der Waals surface area contributed by atoms with Crippen LogP contribution < -0.4 is 5.43 Å². The SMILES string of the molecule is O=C(O)c1cn(-c2ccc(F)cc2)c2ncccc2c1=O. The van der Waals surface area contributed by atoms with Gasteiger partial charge in [-0.2, -0.15) is 0 Å². The summed E-state index contributed by atoms with van der Waals surface area (Å²) in [7, 11) is 0. The van der Waals surface area contributed by atoms with E-state index in [0.717, 1.165) is 0 Å². The Morgan fingerprint density at radius 3 is 2.57 bits per heavy atom. The van der Waals surface area contributed by atoms with Crippen LogP contribution in [0.15, 0.2) is 53.6 Å². The molecule has 1 N–H and O–H groups in total. The summed E-state index contributed by atoms with van der Waals surface area (Å²) >= 11 is 0. The van der Waals surface area contributed by atoms with Crippen molar-refractivity contribution in [1.82, 2.24) is 9.55 Å². The van der Waals surface area contributed by atoms with E-state index in [-0.39, 0.29) is 10.9 Å². The second-order valence-corrected chi connectivity index (χ2v) is 4.40. The Bertz CT molecular complexity index is 901. The minimum atomic E-state index is -1.32. The number of aromatic carboxylic acids is 1. The predicted octanol–water partition coefficient (Wildman–Crippen LogP) is 2.22. The molecule has 0 unspecified atom stereocenters. The number of nitrogens with zero attached hydrogens (tertiary/aromatic N) is 2. The van der Waals surface area contributed by atoms with Gasteiger partial charge in [0.2, 0.25) is 5.43 Å². The minimum absolute atomic E-state index is 0.196. The van der Waals surface area contributed by atoms with Gasteiger partial charge in [0.1, 0.15) is 17.0 Å². The normalized spacial score (nSPS) is 10.7. The van der Waals surface area contributed by atoms with Crippen molar-refractivity contribution in [3.63, 3.8) is 0 Å². The average molecular weight is 284 g/mol. The van der Waals surface area contributed by atoms with Gasteiger partial charge < -0.3 is 9.67 Å². The van der Waals surface area contributed by atoms with Crippen LogP contribution in [0.2, 0.25) is 0 Å². The zero-order valence-electron chi connectivity index (χ0n) is 10.7. The Labute approximate surface area is 117 Å². The summed E-state index contributed by atoms with van der Waals surface area (Å²) in [6, 6.07) is 8.55. The summed E-state index contributed by atoms with van der Waals surface area (Å²) in [6.07, 6.45) is 2.70. The molecule has 0 saturated heterocycles. The first-order chi connectivity index (χ1) is 10.1. The molecule has 3 aromatic rings. The number of carbonyl (C=O) groups is 1. The second kappa shape index (κ2) is 4.82. The Kier molecular flexibility index (Phi) is 2.98. The van der Waals surface area contributed by atoms with Crippen molar-refractivity contribution >= 4 is 17.0 Å². The lowest BCUT2D eigenvalue weighted by molar-refractivity contribution is 0.0695. The molecule has 3 rings (SSSR count). The van der Waals surface area contributed by atoms with Gasteiger partial charge >= 0.3 is 5.97 Å². The number of carboxylic acids is 1. The molecule has 1 aromatic carbocycles. The van der Waals surface area contributed by atoms with Crippen LogP contribution in [0, 0.1) is 5.82 Å². The molecule has 2 heterocycles. The van der Waals surface area contributed by atoms with Crippen molar-refractivity contribution in [2.45, 2.75) is 0 Å². The van der Waals surface area contributed by atoms with Gasteiger partial charge in [-0.05, 0) is 36.4 Å². The monoisotopic (exact) mass is 284 g/mol. The smallest absolute Gasteiger partial charge is 0.341 e. The molecular formula is C15H9FN2O3. The molecule has 104 valence electrons. The zero-order chi connectivity index (χ0) is 15.0. The summed E-state index contributed by atoms with van der Waals surface area (Å²) in [6.45, 7) is 0. The van der Waals surface area contributed by atoms with E-state index in [0.29, 0.717) is 11.3 Å². The third-order valence-electron chi connectivity index (χ3n) is 3.10. The summed E-state index contributed by atoms with van der Waals surface area (Å²) in [4.78, 5) is 27.4. The fourth-order valence-electron chi connectivity index (χ4n) is 2.11. The first kappa shape index (κ1) is 13.0. The number of carboxylic acid groups (broad SMARTS) is 1. The lowest BCUT2D eigenvalue weighted by Crippen LogP contribution is -2.18. The number of halogens is 1. The molecule has 0 aliphatic heterocycles. The van der Waals surface area contributed by atoms with Gasteiger partial charge in [-0.1, -0.05) is 0 Å². The van der Waals surface area contributed by atoms with Gasteiger partial charge in [0.15, 0.2) is 0 Å². The highest BCUT2D eigenvalue weighted by atomic mass is 19.1. The van der Waals surface area contributed by atoms with Gasteiger partial charge in [-0.25, -0.2) is 14.2 Å². The lowest BCUT2D eigenvalue weighted by atomic mass is 10.2. The Morgan fingerprint density at radius 2 is 1.90 bits per heavy atom. The maximum absolute atomic E-state index is 13.0. The van der Waals surface area contributed by atoms with Gasteiger partial charge in [-0.15, -0.1) is 0 Å². The first-order valence-electron chi connectivity index (χ1n) is 6.07. The molecule has 0 fully saturated rings. The van der Waals surface area contributed by atoms with E-state index >= 15 is 0 Å². The molecule has 0 amide bonds. The minimum Gasteiger partial charge on any atom is -0.477 e. The van der Waals surface area contributed by atoms with Crippen molar-refractivity contribution in [1.29, 1.82) is 0 Å². The predicted molar refractivity (Wildman–Crippen MR) is 74.3 cm³/mol. The van der Waals surface area contributed by atoms with Crippen LogP contribution >= 0.6 is 0 Å². The van der Waals surface area contributed by atoms with Crippen molar-refractivity contribution in [2.75, 3.05) is 0 Å². The van der Waals surface area contributed by atoms with Crippen LogP contribution in [0.25, 0.3) is 16.7 Å². The average Bonchev–Trinajstić information content (AvgIpc) is 2.49. The first-order valence-corrected chi connectivity index (χ1v) is 6.07.